The van der Waals surface area contributed by atoms with Gasteiger partial charge in [0.25, 0.3) is 0 Å². The third-order valence-electron chi connectivity index (χ3n) is 2.04. The molecule has 1 rings (SSSR count). The highest BCUT2D eigenvalue weighted by Gasteiger charge is 2.04. The number of hydrogen-bond acceptors (Lipinski definition) is 3. The van der Waals surface area contributed by atoms with E-state index >= 15 is 0 Å². The van der Waals surface area contributed by atoms with Crippen molar-refractivity contribution in [3.8, 4) is 11.5 Å². The van der Waals surface area contributed by atoms with Gasteiger partial charge >= 0.3 is 0 Å². The maximum Gasteiger partial charge on any atom is 0.122 e. The maximum atomic E-state index is 9.45. The van der Waals surface area contributed by atoms with Crippen LogP contribution < -0.4 is 5.32 Å². The zero-order chi connectivity index (χ0) is 9.84. The second-order valence-electron chi connectivity index (χ2n) is 3.12. The second-order valence-corrected chi connectivity index (χ2v) is 3.12. The quantitative estimate of drug-likeness (QED) is 0.656. The lowest BCUT2D eigenvalue weighted by Gasteiger charge is -2.06. The third-order valence-corrected chi connectivity index (χ3v) is 2.04. The smallest absolute Gasteiger partial charge is 0.122 e. The summed E-state index contributed by atoms with van der Waals surface area (Å²) in [4.78, 5) is 0. The predicted molar refractivity (Wildman–Crippen MR) is 52.1 cm³/mol. The van der Waals surface area contributed by atoms with Gasteiger partial charge in [0.2, 0.25) is 0 Å². The van der Waals surface area contributed by atoms with Crippen LogP contribution in [0.15, 0.2) is 12.1 Å². The molecular formula is C10H15NO2. The molecule has 0 heterocycles. The number of likely N-dealkylation sites (N-methyl/N-ethyl adjacent to an activating group) is 1. The summed E-state index contributed by atoms with van der Waals surface area (Å²) in [6.07, 6.45) is 0.767. The predicted octanol–water partition coefficient (Wildman–Crippen LogP) is 1.17. The van der Waals surface area contributed by atoms with Crippen LogP contribution in [0, 0.1) is 6.92 Å². The van der Waals surface area contributed by atoms with Gasteiger partial charge in [-0.05, 0) is 44.1 Å². The Morgan fingerprint density at radius 1 is 1.23 bits per heavy atom. The largest absolute Gasteiger partial charge is 0.508 e. The summed E-state index contributed by atoms with van der Waals surface area (Å²) in [6, 6.07) is 3.20. The van der Waals surface area contributed by atoms with Gasteiger partial charge < -0.3 is 15.5 Å². The maximum absolute atomic E-state index is 9.45. The van der Waals surface area contributed by atoms with E-state index in [1.54, 1.807) is 0 Å². The first-order valence-corrected chi connectivity index (χ1v) is 4.31. The lowest BCUT2D eigenvalue weighted by atomic mass is 10.1. The van der Waals surface area contributed by atoms with Crippen LogP contribution in [0.1, 0.15) is 11.1 Å². The van der Waals surface area contributed by atoms with Crippen LogP contribution in [0.5, 0.6) is 11.5 Å². The Balaban J connectivity index is 2.88. The van der Waals surface area contributed by atoms with Crippen LogP contribution in [0.3, 0.4) is 0 Å². The lowest BCUT2D eigenvalue weighted by molar-refractivity contribution is 0.443. The molecule has 1 aromatic carbocycles. The van der Waals surface area contributed by atoms with Crippen molar-refractivity contribution in [2.24, 2.45) is 0 Å². The van der Waals surface area contributed by atoms with Gasteiger partial charge in [-0.3, -0.25) is 0 Å². The van der Waals surface area contributed by atoms with Gasteiger partial charge in [0.1, 0.15) is 11.5 Å². The van der Waals surface area contributed by atoms with Gasteiger partial charge in [-0.1, -0.05) is 0 Å². The molecule has 0 atom stereocenters. The highest BCUT2D eigenvalue weighted by Crippen LogP contribution is 2.26. The molecule has 3 heteroatoms. The van der Waals surface area contributed by atoms with Gasteiger partial charge in [-0.25, -0.2) is 0 Å². The van der Waals surface area contributed by atoms with E-state index in [1.807, 2.05) is 20.0 Å². The molecule has 1 aromatic rings. The van der Waals surface area contributed by atoms with Gasteiger partial charge in [-0.2, -0.15) is 0 Å². The molecule has 3 N–H and O–H groups in total. The van der Waals surface area contributed by atoms with Gasteiger partial charge in [0, 0.05) is 6.07 Å². The summed E-state index contributed by atoms with van der Waals surface area (Å²) >= 11 is 0. The van der Waals surface area contributed by atoms with Crippen LogP contribution in [-0.2, 0) is 6.42 Å². The van der Waals surface area contributed by atoms with Crippen molar-refractivity contribution in [2.45, 2.75) is 13.3 Å². The molecule has 0 fully saturated rings. The van der Waals surface area contributed by atoms with Crippen LogP contribution >= 0.6 is 0 Å². The monoisotopic (exact) mass is 181 g/mol. The van der Waals surface area contributed by atoms with E-state index in [2.05, 4.69) is 5.32 Å². The molecule has 3 nitrogen and oxygen atoms in total. The molecule has 0 saturated heterocycles. The number of phenols is 2. The summed E-state index contributed by atoms with van der Waals surface area (Å²) in [5, 5.41) is 21.7. The first kappa shape index (κ1) is 9.86. The zero-order valence-corrected chi connectivity index (χ0v) is 7.96. The van der Waals surface area contributed by atoms with E-state index < -0.39 is 0 Å². The number of rotatable bonds is 3. The molecule has 0 radical (unpaired) electrons. The van der Waals surface area contributed by atoms with Crippen molar-refractivity contribution >= 4 is 0 Å². The summed E-state index contributed by atoms with van der Waals surface area (Å²) in [7, 11) is 1.87. The minimum atomic E-state index is 0.144. The van der Waals surface area contributed by atoms with Crippen molar-refractivity contribution < 1.29 is 10.2 Å². The Kier molecular flexibility index (Phi) is 3.14. The summed E-state index contributed by atoms with van der Waals surface area (Å²) in [5.41, 5.74) is 1.66. The third kappa shape index (κ3) is 2.36. The van der Waals surface area contributed by atoms with Crippen LogP contribution in [-0.4, -0.2) is 23.8 Å². The number of phenolic OH excluding ortho intramolecular Hbond substituents is 2. The molecule has 13 heavy (non-hydrogen) atoms. The van der Waals surface area contributed by atoms with Crippen molar-refractivity contribution in [1.82, 2.24) is 5.32 Å². The number of aromatic hydroxyl groups is 2. The Bertz CT molecular complexity index is 297. The summed E-state index contributed by atoms with van der Waals surface area (Å²) < 4.78 is 0. The second kappa shape index (κ2) is 4.14. The van der Waals surface area contributed by atoms with Crippen molar-refractivity contribution in [3.05, 3.63) is 23.3 Å². The van der Waals surface area contributed by atoms with Gasteiger partial charge in [-0.15, -0.1) is 0 Å². The fraction of sp³-hybridized carbons (Fsp3) is 0.400. The van der Waals surface area contributed by atoms with E-state index in [9.17, 15) is 10.2 Å². The number of aryl methyl sites for hydroxylation is 1. The molecule has 72 valence electrons. The highest BCUT2D eigenvalue weighted by molar-refractivity contribution is 5.44. The molecular weight excluding hydrogens is 166 g/mol. The number of nitrogens with one attached hydrogen (secondary N) is 1. The molecule has 0 aliphatic carbocycles. The first-order valence-electron chi connectivity index (χ1n) is 4.31. The Labute approximate surface area is 78.0 Å². The molecule has 0 aliphatic heterocycles. The molecule has 0 spiro atoms. The van der Waals surface area contributed by atoms with Gasteiger partial charge in [0.15, 0.2) is 0 Å². The normalized spacial score (nSPS) is 10.3. The van der Waals surface area contributed by atoms with E-state index in [0.29, 0.717) is 0 Å². The summed E-state index contributed by atoms with van der Waals surface area (Å²) in [5.74, 6) is 0.309. The average molecular weight is 181 g/mol. The van der Waals surface area contributed by atoms with E-state index in [0.717, 1.165) is 24.1 Å². The van der Waals surface area contributed by atoms with E-state index in [4.69, 9.17) is 0 Å². The van der Waals surface area contributed by atoms with Crippen LogP contribution in [0.4, 0.5) is 0 Å². The highest BCUT2D eigenvalue weighted by atomic mass is 16.3. The molecule has 0 saturated carbocycles. The van der Waals surface area contributed by atoms with Crippen LogP contribution in [0.25, 0.3) is 0 Å². The summed E-state index contributed by atoms with van der Waals surface area (Å²) in [6.45, 7) is 2.63. The van der Waals surface area contributed by atoms with Crippen molar-refractivity contribution in [1.29, 1.82) is 0 Å². The topological polar surface area (TPSA) is 52.5 Å². The molecule has 0 unspecified atom stereocenters. The van der Waals surface area contributed by atoms with Gasteiger partial charge in [0.05, 0.1) is 0 Å². The molecule has 0 amide bonds. The average Bonchev–Trinajstić information content (AvgIpc) is 2.09. The fourth-order valence-electron chi connectivity index (χ4n) is 1.21. The van der Waals surface area contributed by atoms with Crippen LogP contribution in [0.2, 0.25) is 0 Å². The molecule has 0 aliphatic rings. The fourth-order valence-corrected chi connectivity index (χ4v) is 1.21. The zero-order valence-electron chi connectivity index (χ0n) is 7.96. The SMILES string of the molecule is CNCCc1cc(C)c(O)cc1O. The Hall–Kier alpha value is -1.22. The Morgan fingerprint density at radius 3 is 2.54 bits per heavy atom. The van der Waals surface area contributed by atoms with Crippen molar-refractivity contribution in [2.75, 3.05) is 13.6 Å². The molecule has 0 aromatic heterocycles. The minimum Gasteiger partial charge on any atom is -0.508 e. The van der Waals surface area contributed by atoms with E-state index in [1.165, 1.54) is 6.07 Å². The standard InChI is InChI=1S/C10H15NO2/c1-7-5-8(3-4-11-2)10(13)6-9(7)12/h5-6,11-13H,3-4H2,1-2H3. The Morgan fingerprint density at radius 2 is 1.92 bits per heavy atom. The molecule has 0 bridgehead atoms. The first-order chi connectivity index (χ1) is 6.15. The lowest BCUT2D eigenvalue weighted by Crippen LogP contribution is -2.10. The minimum absolute atomic E-state index is 0.144. The number of benzene rings is 1. The van der Waals surface area contributed by atoms with E-state index in [-0.39, 0.29) is 11.5 Å². The van der Waals surface area contributed by atoms with Crippen molar-refractivity contribution in [3.63, 3.8) is 0 Å². The number of hydrogen-bond donors (Lipinski definition) is 3.